The molecule has 3 aliphatic rings. The first-order valence-corrected chi connectivity index (χ1v) is 12.9. The van der Waals surface area contributed by atoms with Crippen molar-refractivity contribution in [3.8, 4) is 0 Å². The number of ether oxygens (including phenoxy) is 1. The summed E-state index contributed by atoms with van der Waals surface area (Å²) >= 11 is 0. The van der Waals surface area contributed by atoms with E-state index in [2.05, 4.69) is 42.3 Å². The predicted molar refractivity (Wildman–Crippen MR) is 125 cm³/mol. The largest absolute Gasteiger partial charge is 0.373 e. The third-order valence-electron chi connectivity index (χ3n) is 6.57. The summed E-state index contributed by atoms with van der Waals surface area (Å²) in [6, 6.07) is 4.93. The van der Waals surface area contributed by atoms with Gasteiger partial charge in [0, 0.05) is 43.7 Å². The van der Waals surface area contributed by atoms with Crippen molar-refractivity contribution in [2.24, 2.45) is 4.40 Å². The number of nitrogens with one attached hydrogen (secondary N) is 1. The Labute approximate surface area is 191 Å². The zero-order valence-electron chi connectivity index (χ0n) is 19.4. The number of carbonyl (C=O) groups excluding carboxylic acids is 1. The lowest BCUT2D eigenvalue weighted by molar-refractivity contribution is -0.0948. The first-order valence-electron chi connectivity index (χ1n) is 11.5. The maximum atomic E-state index is 12.9. The van der Waals surface area contributed by atoms with Crippen molar-refractivity contribution in [1.29, 1.82) is 0 Å². The van der Waals surface area contributed by atoms with Gasteiger partial charge in [0.15, 0.2) is 0 Å². The number of carbonyl (C=O) groups is 1. The molecule has 9 heteroatoms. The van der Waals surface area contributed by atoms with E-state index in [0.29, 0.717) is 30.1 Å². The molecule has 2 saturated heterocycles. The van der Waals surface area contributed by atoms with Gasteiger partial charge in [-0.1, -0.05) is 6.42 Å². The molecule has 2 atom stereocenters. The highest BCUT2D eigenvalue weighted by molar-refractivity contribution is 7.90. The highest BCUT2D eigenvalue weighted by atomic mass is 32.2. The van der Waals surface area contributed by atoms with Crippen LogP contribution in [0.2, 0.25) is 0 Å². The average Bonchev–Trinajstić information content (AvgIpc) is 2.96. The number of amidine groups is 1. The fourth-order valence-corrected chi connectivity index (χ4v) is 6.09. The summed E-state index contributed by atoms with van der Waals surface area (Å²) in [5.41, 5.74) is 0.707. The molecule has 1 aromatic rings. The highest BCUT2D eigenvalue weighted by Crippen LogP contribution is 2.35. The molecule has 0 aliphatic carbocycles. The van der Waals surface area contributed by atoms with Crippen molar-refractivity contribution in [2.45, 2.75) is 76.0 Å². The number of nitrogens with zero attached hydrogens (tertiary/aromatic N) is 3. The van der Waals surface area contributed by atoms with Gasteiger partial charge in [0.25, 0.3) is 15.9 Å². The van der Waals surface area contributed by atoms with Gasteiger partial charge in [-0.05, 0) is 58.7 Å². The van der Waals surface area contributed by atoms with E-state index in [9.17, 15) is 13.2 Å². The standard InChI is InChI=1S/C23H34N4O4S/c1-16-13-26(14-17(2)31-16)23(3,4)15-24-22(28)18-9-10-19-20(12-18)32(29,30)25-21-8-6-5-7-11-27(19)21/h9-10,12,16-17H,5-8,11,13-15H2,1-4H3,(H,24,28). The van der Waals surface area contributed by atoms with Crippen molar-refractivity contribution in [1.82, 2.24) is 10.2 Å². The summed E-state index contributed by atoms with van der Waals surface area (Å²) in [6.07, 6.45) is 3.94. The third-order valence-corrected chi connectivity index (χ3v) is 7.90. The van der Waals surface area contributed by atoms with Crippen LogP contribution in [0.3, 0.4) is 0 Å². The average molecular weight is 463 g/mol. The minimum Gasteiger partial charge on any atom is -0.373 e. The van der Waals surface area contributed by atoms with Crippen LogP contribution in [0.15, 0.2) is 27.5 Å². The van der Waals surface area contributed by atoms with Crippen LogP contribution in [0.4, 0.5) is 5.69 Å². The van der Waals surface area contributed by atoms with Crippen LogP contribution in [0.1, 0.15) is 63.7 Å². The van der Waals surface area contributed by atoms with Gasteiger partial charge in [-0.15, -0.1) is 4.40 Å². The van der Waals surface area contributed by atoms with Crippen LogP contribution < -0.4 is 10.2 Å². The van der Waals surface area contributed by atoms with Gasteiger partial charge in [-0.3, -0.25) is 9.69 Å². The van der Waals surface area contributed by atoms with E-state index in [1.165, 1.54) is 6.07 Å². The molecule has 3 heterocycles. The molecule has 0 saturated carbocycles. The molecule has 2 fully saturated rings. The maximum absolute atomic E-state index is 12.9. The van der Waals surface area contributed by atoms with Gasteiger partial charge in [-0.2, -0.15) is 8.42 Å². The van der Waals surface area contributed by atoms with E-state index < -0.39 is 10.0 Å². The fourth-order valence-electron chi connectivity index (χ4n) is 4.80. The number of hydrogen-bond acceptors (Lipinski definition) is 6. The van der Waals surface area contributed by atoms with E-state index >= 15 is 0 Å². The zero-order chi connectivity index (χ0) is 23.1. The van der Waals surface area contributed by atoms with E-state index in [1.807, 2.05) is 4.90 Å². The van der Waals surface area contributed by atoms with Crippen LogP contribution >= 0.6 is 0 Å². The van der Waals surface area contributed by atoms with Crippen molar-refractivity contribution in [3.63, 3.8) is 0 Å². The summed E-state index contributed by atoms with van der Waals surface area (Å²) in [5.74, 6) is 0.332. The Morgan fingerprint density at radius 1 is 1.19 bits per heavy atom. The van der Waals surface area contributed by atoms with Crippen LogP contribution in [-0.4, -0.2) is 69.0 Å². The molecule has 1 amide bonds. The van der Waals surface area contributed by atoms with E-state index in [1.54, 1.807) is 12.1 Å². The number of benzene rings is 1. The number of amides is 1. The molecule has 32 heavy (non-hydrogen) atoms. The zero-order valence-corrected chi connectivity index (χ0v) is 20.2. The molecule has 0 radical (unpaired) electrons. The van der Waals surface area contributed by atoms with Crippen molar-refractivity contribution >= 4 is 27.5 Å². The molecule has 176 valence electrons. The molecule has 1 N–H and O–H groups in total. The Hall–Kier alpha value is -1.97. The molecule has 0 spiro atoms. The van der Waals surface area contributed by atoms with Gasteiger partial charge in [0.05, 0.1) is 17.9 Å². The first-order chi connectivity index (χ1) is 15.1. The molecular formula is C23H34N4O4S. The molecule has 8 nitrogen and oxygen atoms in total. The summed E-state index contributed by atoms with van der Waals surface area (Å²) in [5, 5.41) is 3.00. The smallest absolute Gasteiger partial charge is 0.286 e. The summed E-state index contributed by atoms with van der Waals surface area (Å²) in [4.78, 5) is 17.4. The second kappa shape index (κ2) is 8.76. The lowest BCUT2D eigenvalue weighted by Crippen LogP contribution is -2.58. The van der Waals surface area contributed by atoms with Crippen molar-refractivity contribution < 1.29 is 17.9 Å². The fraction of sp³-hybridized carbons (Fsp3) is 0.652. The van der Waals surface area contributed by atoms with E-state index in [4.69, 9.17) is 4.74 Å². The lowest BCUT2D eigenvalue weighted by atomic mass is 10.00. The van der Waals surface area contributed by atoms with Crippen LogP contribution in [0.5, 0.6) is 0 Å². The maximum Gasteiger partial charge on any atom is 0.286 e. The van der Waals surface area contributed by atoms with Crippen LogP contribution in [0.25, 0.3) is 0 Å². The van der Waals surface area contributed by atoms with E-state index in [0.717, 1.165) is 38.9 Å². The molecule has 3 aliphatic heterocycles. The summed E-state index contributed by atoms with van der Waals surface area (Å²) < 4.78 is 35.6. The van der Waals surface area contributed by atoms with Crippen molar-refractivity contribution in [3.05, 3.63) is 23.8 Å². The molecular weight excluding hydrogens is 428 g/mol. The van der Waals surface area contributed by atoms with E-state index in [-0.39, 0.29) is 28.5 Å². The Balaban J connectivity index is 1.50. The van der Waals surface area contributed by atoms with Gasteiger partial charge in [0.1, 0.15) is 10.7 Å². The van der Waals surface area contributed by atoms with Gasteiger partial charge in [-0.25, -0.2) is 0 Å². The topological polar surface area (TPSA) is 91.3 Å². The number of fused-ring (bicyclic) bond motifs is 3. The molecule has 0 aromatic heterocycles. The molecule has 1 aromatic carbocycles. The monoisotopic (exact) mass is 462 g/mol. The SMILES string of the molecule is CC1CN(C(C)(C)CNC(=O)c2ccc3c(c2)S(=O)(=O)N=C2CCCCCN23)CC(C)O1. The normalized spacial score (nSPS) is 25.9. The summed E-state index contributed by atoms with van der Waals surface area (Å²) in [7, 11) is -3.81. The molecule has 0 bridgehead atoms. The van der Waals surface area contributed by atoms with Gasteiger partial charge >= 0.3 is 0 Å². The number of rotatable bonds is 4. The predicted octanol–water partition coefficient (Wildman–Crippen LogP) is 2.79. The number of morpholine rings is 1. The van der Waals surface area contributed by atoms with Gasteiger partial charge < -0.3 is 15.0 Å². The third kappa shape index (κ3) is 4.70. The van der Waals surface area contributed by atoms with Gasteiger partial charge in [0.2, 0.25) is 0 Å². The van der Waals surface area contributed by atoms with Crippen LogP contribution in [0, 0.1) is 0 Å². The lowest BCUT2D eigenvalue weighted by Gasteiger charge is -2.45. The number of hydrogen-bond donors (Lipinski definition) is 1. The summed E-state index contributed by atoms with van der Waals surface area (Å²) in [6.45, 7) is 11.1. The molecule has 2 unspecified atom stereocenters. The quantitative estimate of drug-likeness (QED) is 0.740. The Kier molecular flexibility index (Phi) is 6.35. The minimum atomic E-state index is -3.81. The number of sulfonamides is 1. The highest BCUT2D eigenvalue weighted by Gasteiger charge is 2.35. The Morgan fingerprint density at radius 2 is 1.91 bits per heavy atom. The van der Waals surface area contributed by atoms with Crippen molar-refractivity contribution in [2.75, 3.05) is 31.1 Å². The number of anilines is 1. The molecule has 4 rings (SSSR count). The first kappa shape index (κ1) is 23.2. The minimum absolute atomic E-state index is 0.117. The Bertz CT molecular complexity index is 1010. The Morgan fingerprint density at radius 3 is 2.62 bits per heavy atom. The van der Waals surface area contributed by atoms with Crippen LogP contribution in [-0.2, 0) is 14.8 Å². The second-order valence-corrected chi connectivity index (χ2v) is 11.4. The second-order valence-electron chi connectivity index (χ2n) is 9.78.